The Labute approximate surface area is 244 Å². The topological polar surface area (TPSA) is 50.8 Å². The predicted octanol–water partition coefficient (Wildman–Crippen LogP) is 9.34. The van der Waals surface area contributed by atoms with Gasteiger partial charge in [0.25, 0.3) is 0 Å². The van der Waals surface area contributed by atoms with Gasteiger partial charge in [-0.05, 0) is 122 Å². The summed E-state index contributed by atoms with van der Waals surface area (Å²) in [6.45, 7) is 13.6. The third kappa shape index (κ3) is 8.03. The number of halogens is 1. The molecule has 1 unspecified atom stereocenters. The van der Waals surface area contributed by atoms with Crippen molar-refractivity contribution in [1.29, 1.82) is 0 Å². The van der Waals surface area contributed by atoms with Crippen molar-refractivity contribution in [3.63, 3.8) is 0 Å². The van der Waals surface area contributed by atoms with Crippen LogP contribution < -0.4 is 4.74 Å². The fraction of sp³-hybridized carbons (Fsp3) is 0.333. The summed E-state index contributed by atoms with van der Waals surface area (Å²) in [5.74, 6) is 2.50. The van der Waals surface area contributed by atoms with E-state index in [0.717, 1.165) is 59.7 Å². The molecule has 0 saturated heterocycles. The lowest BCUT2D eigenvalue weighted by Gasteiger charge is -2.14. The number of hydrogen-bond donors (Lipinski definition) is 1. The number of aromatic amines is 1. The van der Waals surface area contributed by atoms with Crippen LogP contribution in [0.25, 0.3) is 22.2 Å². The number of aromatic nitrogens is 3. The Bertz CT molecular complexity index is 1550. The number of nitrogens with zero attached hydrogens (tertiary/aromatic N) is 2. The summed E-state index contributed by atoms with van der Waals surface area (Å²) in [5.41, 5.74) is 10.4. The van der Waals surface area contributed by atoms with Gasteiger partial charge in [-0.2, -0.15) is 0 Å². The van der Waals surface area contributed by atoms with E-state index in [1.165, 1.54) is 46.4 Å². The summed E-state index contributed by atoms with van der Waals surface area (Å²) >= 11 is 0. The van der Waals surface area contributed by atoms with E-state index < -0.39 is 0 Å². The lowest BCUT2D eigenvalue weighted by atomic mass is 10.00. The first-order valence-corrected chi connectivity index (χ1v) is 14.6. The Balaban J connectivity index is 0.000000208. The Morgan fingerprint density at radius 2 is 1.63 bits per heavy atom. The molecule has 4 nitrogen and oxygen atoms in total. The number of benzene rings is 3. The molecule has 5 rings (SSSR count). The van der Waals surface area contributed by atoms with Gasteiger partial charge >= 0.3 is 0 Å². The zero-order chi connectivity index (χ0) is 29.4. The molecule has 41 heavy (non-hydrogen) atoms. The highest BCUT2D eigenvalue weighted by molar-refractivity contribution is 5.82. The van der Waals surface area contributed by atoms with Crippen molar-refractivity contribution in [2.75, 3.05) is 6.61 Å². The molecule has 0 saturated carbocycles. The number of ether oxygens (including phenoxy) is 1. The van der Waals surface area contributed by atoms with E-state index in [-0.39, 0.29) is 5.82 Å². The van der Waals surface area contributed by atoms with Crippen LogP contribution in [0.4, 0.5) is 4.39 Å². The number of rotatable bonds is 9. The molecule has 1 N–H and O–H groups in total. The lowest BCUT2D eigenvalue weighted by molar-refractivity contribution is 0.279. The van der Waals surface area contributed by atoms with Crippen LogP contribution in [0.2, 0.25) is 0 Å². The number of aryl methyl sites for hydroxylation is 4. The molecule has 0 spiro atoms. The number of nitrogens with one attached hydrogen (secondary N) is 1. The summed E-state index contributed by atoms with van der Waals surface area (Å²) in [5, 5.41) is 0. The van der Waals surface area contributed by atoms with Crippen molar-refractivity contribution in [3.8, 4) is 16.9 Å². The molecule has 2 aromatic heterocycles. The zero-order valence-corrected chi connectivity index (χ0v) is 25.2. The van der Waals surface area contributed by atoms with Crippen LogP contribution in [0.1, 0.15) is 67.4 Å². The largest absolute Gasteiger partial charge is 0.493 e. The third-order valence-electron chi connectivity index (χ3n) is 7.74. The van der Waals surface area contributed by atoms with Crippen molar-refractivity contribution in [2.45, 2.75) is 67.2 Å². The number of pyridine rings is 1. The van der Waals surface area contributed by atoms with Crippen LogP contribution in [0.3, 0.4) is 0 Å². The Hall–Kier alpha value is -3.99. The molecule has 0 radical (unpaired) electrons. The highest BCUT2D eigenvalue weighted by Crippen LogP contribution is 2.29. The van der Waals surface area contributed by atoms with Gasteiger partial charge in [0.2, 0.25) is 0 Å². The quantitative estimate of drug-likeness (QED) is 0.199. The maximum Gasteiger partial charge on any atom is 0.123 e. The van der Waals surface area contributed by atoms with E-state index >= 15 is 0 Å². The van der Waals surface area contributed by atoms with Crippen LogP contribution in [0.15, 0.2) is 72.9 Å². The van der Waals surface area contributed by atoms with Crippen LogP contribution in [-0.4, -0.2) is 21.6 Å². The second kappa shape index (κ2) is 14.1. The maximum absolute atomic E-state index is 12.8. The van der Waals surface area contributed by atoms with Crippen molar-refractivity contribution in [2.24, 2.45) is 5.92 Å². The molecule has 0 aliphatic carbocycles. The minimum atomic E-state index is -0.191. The van der Waals surface area contributed by atoms with Crippen molar-refractivity contribution >= 4 is 11.0 Å². The second-order valence-electron chi connectivity index (χ2n) is 10.9. The molecule has 2 heterocycles. The Kier molecular flexibility index (Phi) is 10.3. The average Bonchev–Trinajstić information content (AvgIpc) is 3.35. The molecule has 3 aromatic carbocycles. The molecule has 0 fully saturated rings. The average molecular weight is 552 g/mol. The molecule has 0 bridgehead atoms. The first kappa shape index (κ1) is 30.0. The van der Waals surface area contributed by atoms with Gasteiger partial charge in [0, 0.05) is 11.9 Å². The SMILES string of the molecule is CCc1cc(-c2ccc3nc(C)[nH]c3c2)ccc1OCCC(C)CC.Cc1ccnc(C)c1Cc1ccc(F)cc1. The summed E-state index contributed by atoms with van der Waals surface area (Å²) in [6.07, 6.45) is 5.91. The Morgan fingerprint density at radius 3 is 2.34 bits per heavy atom. The van der Waals surface area contributed by atoms with Gasteiger partial charge in [-0.15, -0.1) is 0 Å². The van der Waals surface area contributed by atoms with Gasteiger partial charge in [0.15, 0.2) is 0 Å². The number of imidazole rings is 1. The minimum absolute atomic E-state index is 0.191. The number of hydrogen-bond acceptors (Lipinski definition) is 3. The van der Waals surface area contributed by atoms with Crippen LogP contribution in [0.5, 0.6) is 5.75 Å². The standard InChI is InChI=1S/C22H28N2O.C14H14FN/c1-5-15(3)11-12-25-22-10-8-18(13-17(22)6-2)19-7-9-20-21(14-19)24-16(4)23-20;1-10-7-8-16-11(2)14(10)9-12-3-5-13(15)6-4-12/h7-10,13-15H,5-6,11-12H2,1-4H3,(H,23,24);3-8H,9H2,1-2H3. The highest BCUT2D eigenvalue weighted by atomic mass is 19.1. The molecular formula is C36H42FN3O. The van der Waals surface area contributed by atoms with Crippen LogP contribution in [-0.2, 0) is 12.8 Å². The van der Waals surface area contributed by atoms with Crippen LogP contribution >= 0.6 is 0 Å². The summed E-state index contributed by atoms with van der Waals surface area (Å²) in [7, 11) is 0. The molecular weight excluding hydrogens is 509 g/mol. The zero-order valence-electron chi connectivity index (χ0n) is 25.2. The van der Waals surface area contributed by atoms with Gasteiger partial charge in [0.05, 0.1) is 17.6 Å². The summed E-state index contributed by atoms with van der Waals surface area (Å²) in [4.78, 5) is 12.1. The van der Waals surface area contributed by atoms with Gasteiger partial charge in [-0.25, -0.2) is 9.37 Å². The van der Waals surface area contributed by atoms with Crippen molar-refractivity contribution in [3.05, 3.63) is 113 Å². The van der Waals surface area contributed by atoms with E-state index in [9.17, 15) is 4.39 Å². The fourth-order valence-electron chi connectivity index (χ4n) is 4.87. The minimum Gasteiger partial charge on any atom is -0.493 e. The normalized spacial score (nSPS) is 11.7. The second-order valence-corrected chi connectivity index (χ2v) is 10.9. The summed E-state index contributed by atoms with van der Waals surface area (Å²) < 4.78 is 18.8. The molecule has 0 aliphatic heterocycles. The molecule has 1 atom stereocenters. The number of H-pyrrole nitrogens is 1. The summed E-state index contributed by atoms with van der Waals surface area (Å²) in [6, 6.07) is 21.6. The van der Waals surface area contributed by atoms with Gasteiger partial charge in [-0.3, -0.25) is 4.98 Å². The van der Waals surface area contributed by atoms with E-state index in [1.54, 1.807) is 0 Å². The first-order valence-electron chi connectivity index (χ1n) is 14.6. The van der Waals surface area contributed by atoms with Crippen LogP contribution in [0, 0.1) is 32.5 Å². The molecule has 5 heteroatoms. The Morgan fingerprint density at radius 1 is 0.902 bits per heavy atom. The van der Waals surface area contributed by atoms with E-state index in [1.807, 2.05) is 38.2 Å². The third-order valence-corrected chi connectivity index (χ3v) is 7.74. The number of fused-ring (bicyclic) bond motifs is 1. The predicted molar refractivity (Wildman–Crippen MR) is 168 cm³/mol. The molecule has 0 aliphatic rings. The van der Waals surface area contributed by atoms with E-state index in [2.05, 4.69) is 79.0 Å². The maximum atomic E-state index is 12.8. The monoisotopic (exact) mass is 551 g/mol. The van der Waals surface area contributed by atoms with E-state index in [0.29, 0.717) is 5.92 Å². The lowest BCUT2D eigenvalue weighted by Crippen LogP contribution is -2.04. The fourth-order valence-corrected chi connectivity index (χ4v) is 4.87. The molecule has 5 aromatic rings. The van der Waals surface area contributed by atoms with Gasteiger partial charge in [0.1, 0.15) is 17.4 Å². The van der Waals surface area contributed by atoms with Crippen molar-refractivity contribution in [1.82, 2.24) is 15.0 Å². The molecule has 214 valence electrons. The molecule has 0 amide bonds. The van der Waals surface area contributed by atoms with Gasteiger partial charge < -0.3 is 9.72 Å². The first-order chi connectivity index (χ1) is 19.8. The van der Waals surface area contributed by atoms with Gasteiger partial charge in [-0.1, -0.05) is 51.5 Å². The van der Waals surface area contributed by atoms with E-state index in [4.69, 9.17) is 4.74 Å². The smallest absolute Gasteiger partial charge is 0.123 e. The van der Waals surface area contributed by atoms with Crippen molar-refractivity contribution < 1.29 is 9.13 Å². The highest BCUT2D eigenvalue weighted by Gasteiger charge is 2.09.